The van der Waals surface area contributed by atoms with Gasteiger partial charge < -0.3 is 19.9 Å². The van der Waals surface area contributed by atoms with Gasteiger partial charge in [0.05, 0.1) is 17.8 Å². The second-order valence-corrected chi connectivity index (χ2v) is 8.18. The maximum Gasteiger partial charge on any atom is 0.296 e. The number of aryl methyl sites for hydroxylation is 1. The predicted octanol–water partition coefficient (Wildman–Crippen LogP) is 5.24. The number of ether oxygens (including phenoxy) is 2. The molecule has 0 atom stereocenters. The second kappa shape index (κ2) is 12.1. The monoisotopic (exact) mass is 497 g/mol. The van der Waals surface area contributed by atoms with Crippen LogP contribution >= 0.6 is 22.9 Å². The SMILES string of the molecule is C=C(Nc1nnc(OCc2ccc(Cl)cn2)s1)c1cnc(C)cc1-c1ccccc1OC.CO. The third kappa shape index (κ3) is 6.28. The lowest BCUT2D eigenvalue weighted by Gasteiger charge is -2.15. The Labute approximate surface area is 206 Å². The van der Waals surface area contributed by atoms with Crippen LogP contribution in [0.3, 0.4) is 0 Å². The van der Waals surface area contributed by atoms with E-state index in [0.717, 1.165) is 40.9 Å². The zero-order chi connectivity index (χ0) is 24.5. The molecule has 2 N–H and O–H groups in total. The van der Waals surface area contributed by atoms with Crippen LogP contribution in [-0.2, 0) is 6.61 Å². The molecule has 0 aliphatic rings. The van der Waals surface area contributed by atoms with Gasteiger partial charge in [-0.3, -0.25) is 9.97 Å². The van der Waals surface area contributed by atoms with Gasteiger partial charge in [0.1, 0.15) is 12.4 Å². The van der Waals surface area contributed by atoms with Gasteiger partial charge in [0.25, 0.3) is 5.19 Å². The zero-order valence-corrected chi connectivity index (χ0v) is 20.5. The molecule has 3 aromatic heterocycles. The Morgan fingerprint density at radius 3 is 2.62 bits per heavy atom. The van der Waals surface area contributed by atoms with Crippen LogP contribution in [0, 0.1) is 6.92 Å². The van der Waals surface area contributed by atoms with Crippen LogP contribution in [0.25, 0.3) is 16.8 Å². The van der Waals surface area contributed by atoms with E-state index < -0.39 is 0 Å². The summed E-state index contributed by atoms with van der Waals surface area (Å²) in [6, 6.07) is 13.4. The van der Waals surface area contributed by atoms with Gasteiger partial charge in [0.2, 0.25) is 5.13 Å². The van der Waals surface area contributed by atoms with E-state index in [2.05, 4.69) is 32.1 Å². The molecule has 0 saturated heterocycles. The molecule has 0 saturated carbocycles. The first-order valence-corrected chi connectivity index (χ1v) is 11.3. The molecule has 0 aliphatic carbocycles. The van der Waals surface area contributed by atoms with Crippen molar-refractivity contribution in [3.05, 3.63) is 83.4 Å². The molecule has 0 unspecified atom stereocenters. The summed E-state index contributed by atoms with van der Waals surface area (Å²) in [5.41, 5.74) is 5.03. The highest BCUT2D eigenvalue weighted by Gasteiger charge is 2.15. The van der Waals surface area contributed by atoms with E-state index in [-0.39, 0.29) is 6.61 Å². The highest BCUT2D eigenvalue weighted by Crippen LogP contribution is 2.35. The van der Waals surface area contributed by atoms with Gasteiger partial charge in [0.15, 0.2) is 0 Å². The number of aliphatic hydroxyl groups excluding tert-OH is 1. The molecule has 4 rings (SSSR count). The summed E-state index contributed by atoms with van der Waals surface area (Å²) in [6.07, 6.45) is 3.36. The van der Waals surface area contributed by atoms with Crippen molar-refractivity contribution in [3.8, 4) is 22.1 Å². The summed E-state index contributed by atoms with van der Waals surface area (Å²) < 4.78 is 11.2. The van der Waals surface area contributed by atoms with Crippen molar-refractivity contribution in [3.63, 3.8) is 0 Å². The lowest BCUT2D eigenvalue weighted by atomic mass is 9.98. The maximum atomic E-state index is 7.00. The first-order valence-electron chi connectivity index (χ1n) is 10.1. The molecule has 10 heteroatoms. The first-order chi connectivity index (χ1) is 16.5. The predicted molar refractivity (Wildman–Crippen MR) is 135 cm³/mol. The zero-order valence-electron chi connectivity index (χ0n) is 18.9. The fourth-order valence-electron chi connectivity index (χ4n) is 3.03. The smallest absolute Gasteiger partial charge is 0.296 e. The molecule has 0 amide bonds. The van der Waals surface area contributed by atoms with Gasteiger partial charge in [-0.15, -0.1) is 5.10 Å². The van der Waals surface area contributed by atoms with Crippen molar-refractivity contribution >= 4 is 33.8 Å². The second-order valence-electron chi connectivity index (χ2n) is 6.80. The summed E-state index contributed by atoms with van der Waals surface area (Å²) in [5.74, 6) is 0.773. The highest BCUT2D eigenvalue weighted by molar-refractivity contribution is 7.17. The molecule has 0 spiro atoms. The summed E-state index contributed by atoms with van der Waals surface area (Å²) in [5, 5.41) is 20.0. The number of nitrogens with one attached hydrogen (secondary N) is 1. The molecule has 0 aliphatic heterocycles. The average molecular weight is 498 g/mol. The Kier molecular flexibility index (Phi) is 8.92. The molecule has 4 aromatic rings. The van der Waals surface area contributed by atoms with Crippen LogP contribution in [0.1, 0.15) is 17.0 Å². The van der Waals surface area contributed by atoms with Gasteiger partial charge in [0, 0.05) is 42.0 Å². The Balaban J connectivity index is 0.00000158. The first kappa shape index (κ1) is 25.1. The summed E-state index contributed by atoms with van der Waals surface area (Å²) in [7, 11) is 2.65. The quantitative estimate of drug-likeness (QED) is 0.341. The van der Waals surface area contributed by atoms with E-state index >= 15 is 0 Å². The third-order valence-electron chi connectivity index (χ3n) is 4.56. The summed E-state index contributed by atoms with van der Waals surface area (Å²) >= 11 is 7.13. The molecule has 0 fully saturated rings. The molecule has 3 heterocycles. The normalized spacial score (nSPS) is 10.1. The number of benzene rings is 1. The molecule has 0 radical (unpaired) electrons. The highest BCUT2D eigenvalue weighted by atomic mass is 35.5. The molecule has 0 bridgehead atoms. The van der Waals surface area contributed by atoms with Crippen molar-refractivity contribution in [2.24, 2.45) is 0 Å². The van der Waals surface area contributed by atoms with Crippen LogP contribution in [0.2, 0.25) is 5.02 Å². The topological polar surface area (TPSA) is 102 Å². The minimum Gasteiger partial charge on any atom is -0.496 e. The minimum atomic E-state index is 0.270. The third-order valence-corrected chi connectivity index (χ3v) is 5.53. The molecule has 1 aromatic carbocycles. The van der Waals surface area contributed by atoms with E-state index in [1.54, 1.807) is 31.6 Å². The van der Waals surface area contributed by atoms with E-state index in [0.29, 0.717) is 21.0 Å². The lowest BCUT2D eigenvalue weighted by Crippen LogP contribution is -2.01. The van der Waals surface area contributed by atoms with Crippen molar-refractivity contribution < 1.29 is 14.6 Å². The lowest BCUT2D eigenvalue weighted by molar-refractivity contribution is 0.297. The number of rotatable bonds is 8. The van der Waals surface area contributed by atoms with Crippen LogP contribution in [0.15, 0.2) is 61.4 Å². The van der Waals surface area contributed by atoms with E-state index in [1.165, 1.54) is 11.3 Å². The molecular formula is C24H24ClN5O3S. The largest absolute Gasteiger partial charge is 0.496 e. The standard InChI is InChI=1S/C23H20ClN5O2S.CH4O/c1-14-10-19(18-6-4-5-7-21(18)30-3)20(12-25-14)15(2)27-22-28-29-23(32-22)31-13-17-9-8-16(24)11-26-17;1-2/h4-12H,2,13H2,1,3H3,(H,27,28);2H,1H3. The fourth-order valence-corrected chi connectivity index (χ4v) is 3.77. The van der Waals surface area contributed by atoms with Crippen LogP contribution in [0.4, 0.5) is 5.13 Å². The van der Waals surface area contributed by atoms with Crippen molar-refractivity contribution in [2.45, 2.75) is 13.5 Å². The Hall–Kier alpha value is -3.53. The maximum absolute atomic E-state index is 7.00. The van der Waals surface area contributed by atoms with Crippen LogP contribution in [0.5, 0.6) is 10.9 Å². The molecule has 8 nitrogen and oxygen atoms in total. The Morgan fingerprint density at radius 2 is 1.88 bits per heavy atom. The number of pyridine rings is 2. The number of aliphatic hydroxyl groups is 1. The number of methoxy groups -OCH3 is 1. The van der Waals surface area contributed by atoms with Crippen molar-refractivity contribution in [1.82, 2.24) is 20.2 Å². The number of aromatic nitrogens is 4. The number of anilines is 1. The van der Waals surface area contributed by atoms with Crippen LogP contribution in [-0.4, -0.2) is 39.5 Å². The van der Waals surface area contributed by atoms with E-state index in [1.807, 2.05) is 37.3 Å². The minimum absolute atomic E-state index is 0.270. The molecule has 176 valence electrons. The van der Waals surface area contributed by atoms with E-state index in [4.69, 9.17) is 26.2 Å². The fraction of sp³-hybridized carbons (Fsp3) is 0.167. The number of para-hydroxylation sites is 1. The van der Waals surface area contributed by atoms with Gasteiger partial charge in [-0.25, -0.2) is 0 Å². The van der Waals surface area contributed by atoms with Crippen molar-refractivity contribution in [2.75, 3.05) is 19.5 Å². The average Bonchev–Trinajstić information content (AvgIpc) is 3.32. The van der Waals surface area contributed by atoms with Crippen LogP contribution < -0.4 is 14.8 Å². The summed E-state index contributed by atoms with van der Waals surface area (Å²) in [4.78, 5) is 8.64. The van der Waals surface area contributed by atoms with Gasteiger partial charge >= 0.3 is 0 Å². The van der Waals surface area contributed by atoms with Crippen molar-refractivity contribution in [1.29, 1.82) is 0 Å². The number of nitrogens with zero attached hydrogens (tertiary/aromatic N) is 4. The number of hydrogen-bond acceptors (Lipinski definition) is 9. The van der Waals surface area contributed by atoms with Gasteiger partial charge in [-0.1, -0.05) is 41.5 Å². The Morgan fingerprint density at radius 1 is 1.09 bits per heavy atom. The Bertz CT molecular complexity index is 1250. The number of hydrogen-bond donors (Lipinski definition) is 2. The van der Waals surface area contributed by atoms with Gasteiger partial charge in [-0.05, 0) is 48.1 Å². The van der Waals surface area contributed by atoms with E-state index in [9.17, 15) is 0 Å². The van der Waals surface area contributed by atoms with Gasteiger partial charge in [-0.2, -0.15) is 0 Å². The molecule has 34 heavy (non-hydrogen) atoms. The molecular weight excluding hydrogens is 474 g/mol. The summed E-state index contributed by atoms with van der Waals surface area (Å²) in [6.45, 7) is 6.40. The number of halogens is 1.